The molecule has 1 aromatic heterocycles. The van der Waals surface area contributed by atoms with E-state index in [4.69, 9.17) is 18.9 Å². The Labute approximate surface area is 272 Å². The van der Waals surface area contributed by atoms with Crippen LogP contribution in [0.15, 0.2) is 66.9 Å². The molecule has 1 N–H and O–H groups in total. The Hall–Kier alpha value is -4.13. The quantitative estimate of drug-likeness (QED) is 0.154. The van der Waals surface area contributed by atoms with E-state index in [9.17, 15) is 5.26 Å². The van der Waals surface area contributed by atoms with Crippen LogP contribution in [0, 0.1) is 11.3 Å². The summed E-state index contributed by atoms with van der Waals surface area (Å²) in [6.07, 6.45) is 5.96. The number of rotatable bonds is 12. The lowest BCUT2D eigenvalue weighted by Crippen LogP contribution is -2.23. The molecule has 2 heterocycles. The summed E-state index contributed by atoms with van der Waals surface area (Å²) in [6.45, 7) is 11.9. The van der Waals surface area contributed by atoms with Gasteiger partial charge in [-0.1, -0.05) is 39.8 Å². The van der Waals surface area contributed by atoms with Crippen LogP contribution in [0.5, 0.6) is 28.7 Å². The molecule has 0 saturated carbocycles. The van der Waals surface area contributed by atoms with E-state index in [1.165, 1.54) is 6.42 Å². The largest absolute Gasteiger partial charge is 0.493 e. The average Bonchev–Trinajstić information content (AvgIpc) is 3.57. The maximum Gasteiger partial charge on any atom is 0.169 e. The molecule has 0 bridgehead atoms. The van der Waals surface area contributed by atoms with E-state index in [0.717, 1.165) is 42.4 Å². The van der Waals surface area contributed by atoms with Crippen LogP contribution in [0.3, 0.4) is 0 Å². The lowest BCUT2D eigenvalue weighted by atomic mass is 10.1. The Balaban J connectivity index is 0.00000133. The van der Waals surface area contributed by atoms with E-state index in [-0.39, 0.29) is 0 Å². The zero-order chi connectivity index (χ0) is 32.6. The van der Waals surface area contributed by atoms with Crippen molar-refractivity contribution in [2.24, 2.45) is 0 Å². The van der Waals surface area contributed by atoms with Crippen molar-refractivity contribution in [2.75, 3.05) is 52.0 Å². The second kappa shape index (κ2) is 18.6. The molecule has 1 unspecified atom stereocenters. The number of aromatic nitrogens is 1. The minimum Gasteiger partial charge on any atom is -0.493 e. The summed E-state index contributed by atoms with van der Waals surface area (Å²) < 4.78 is 23.2. The van der Waals surface area contributed by atoms with Crippen molar-refractivity contribution in [1.82, 2.24) is 9.88 Å². The standard InChI is InChI=1S/C32H34N4O4S.2C2H6/c1-37-28-7-4-5-8-29(28)40-24-11-9-23(10-12-24)35-32-22(19-33)20-34-27-18-31(30(38-2)17-26(27)32)39-16-6-14-36-15-13-25(21-36)41-3;2*1-2/h4-5,7-12,17-18,20,25H,6,13-16,21H2,1-3H3,(H,34,35);2*1-2H3. The Morgan fingerprint density at radius 1 is 0.956 bits per heavy atom. The van der Waals surface area contributed by atoms with E-state index >= 15 is 0 Å². The smallest absolute Gasteiger partial charge is 0.169 e. The fourth-order valence-corrected chi connectivity index (χ4v) is 5.64. The van der Waals surface area contributed by atoms with Gasteiger partial charge < -0.3 is 29.2 Å². The van der Waals surface area contributed by atoms with Crippen LogP contribution in [-0.2, 0) is 0 Å². The molecule has 0 aliphatic carbocycles. The van der Waals surface area contributed by atoms with Crippen molar-refractivity contribution in [1.29, 1.82) is 5.26 Å². The summed E-state index contributed by atoms with van der Waals surface area (Å²) in [5, 5.41) is 14.7. The van der Waals surface area contributed by atoms with Crippen molar-refractivity contribution in [3.05, 3.63) is 72.4 Å². The van der Waals surface area contributed by atoms with E-state index in [1.807, 2.05) is 100 Å². The van der Waals surface area contributed by atoms with Gasteiger partial charge in [-0.25, -0.2) is 0 Å². The van der Waals surface area contributed by atoms with Gasteiger partial charge in [0.2, 0.25) is 0 Å². The summed E-state index contributed by atoms with van der Waals surface area (Å²) >= 11 is 1.95. The Bertz CT molecular complexity index is 1520. The molecule has 1 fully saturated rings. The van der Waals surface area contributed by atoms with Gasteiger partial charge in [0.15, 0.2) is 23.0 Å². The summed E-state index contributed by atoms with van der Waals surface area (Å²) in [5.74, 6) is 3.20. The number of anilines is 2. The van der Waals surface area contributed by atoms with E-state index < -0.39 is 0 Å². The van der Waals surface area contributed by atoms with Gasteiger partial charge in [0.1, 0.15) is 11.8 Å². The summed E-state index contributed by atoms with van der Waals surface area (Å²) in [7, 11) is 3.23. The van der Waals surface area contributed by atoms with Crippen LogP contribution in [0.2, 0.25) is 0 Å². The number of nitrogens with zero attached hydrogens (tertiary/aromatic N) is 3. The molecular weight excluding hydrogens is 584 g/mol. The number of thioether (sulfide) groups is 1. The lowest BCUT2D eigenvalue weighted by molar-refractivity contribution is 0.255. The number of ether oxygens (including phenoxy) is 4. The molecule has 3 aromatic carbocycles. The number of fused-ring (bicyclic) bond motifs is 1. The molecule has 1 atom stereocenters. The first-order chi connectivity index (χ1) is 22.1. The molecule has 45 heavy (non-hydrogen) atoms. The van der Waals surface area contributed by atoms with Crippen LogP contribution in [0.25, 0.3) is 10.9 Å². The molecule has 9 heteroatoms. The van der Waals surface area contributed by atoms with Crippen molar-refractivity contribution >= 4 is 34.0 Å². The van der Waals surface area contributed by atoms with Crippen molar-refractivity contribution < 1.29 is 18.9 Å². The van der Waals surface area contributed by atoms with Gasteiger partial charge in [-0.05, 0) is 68.1 Å². The Morgan fingerprint density at radius 3 is 2.31 bits per heavy atom. The van der Waals surface area contributed by atoms with Gasteiger partial charge in [-0.15, -0.1) is 0 Å². The third kappa shape index (κ3) is 9.43. The first-order valence-electron chi connectivity index (χ1n) is 15.6. The van der Waals surface area contributed by atoms with Gasteiger partial charge in [-0.2, -0.15) is 17.0 Å². The first kappa shape index (κ1) is 35.4. The molecule has 0 spiro atoms. The molecule has 8 nitrogen and oxygen atoms in total. The molecule has 0 amide bonds. The van der Waals surface area contributed by atoms with Gasteiger partial charge >= 0.3 is 0 Å². The summed E-state index contributed by atoms with van der Waals surface area (Å²) in [5.41, 5.74) is 2.59. The summed E-state index contributed by atoms with van der Waals surface area (Å²) in [6, 6.07) is 21.0. The number of pyridine rings is 1. The van der Waals surface area contributed by atoms with Crippen molar-refractivity contribution in [2.45, 2.75) is 45.8 Å². The minimum atomic E-state index is 0.428. The molecule has 240 valence electrons. The highest BCUT2D eigenvalue weighted by Gasteiger charge is 2.21. The second-order valence-electron chi connectivity index (χ2n) is 9.73. The highest BCUT2D eigenvalue weighted by Crippen LogP contribution is 2.38. The predicted molar refractivity (Wildman–Crippen MR) is 187 cm³/mol. The monoisotopic (exact) mass is 630 g/mol. The van der Waals surface area contributed by atoms with E-state index in [0.29, 0.717) is 52.1 Å². The number of methoxy groups -OCH3 is 2. The number of para-hydroxylation sites is 2. The SMILES string of the molecule is CC.CC.COc1cc2c(Nc3ccc(Oc4ccccc4OC)cc3)c(C#N)cnc2cc1OCCCN1CCC(SC)C1. The highest BCUT2D eigenvalue weighted by atomic mass is 32.2. The zero-order valence-electron chi connectivity index (χ0n) is 27.6. The second-order valence-corrected chi connectivity index (χ2v) is 10.9. The minimum absolute atomic E-state index is 0.428. The molecule has 4 aromatic rings. The van der Waals surface area contributed by atoms with Crippen LogP contribution in [0.1, 0.15) is 46.1 Å². The van der Waals surface area contributed by atoms with E-state index in [2.05, 4.69) is 27.5 Å². The van der Waals surface area contributed by atoms with Crippen LogP contribution in [-0.4, -0.2) is 61.9 Å². The number of hydrogen-bond acceptors (Lipinski definition) is 9. The molecular formula is C36H46N4O4S. The van der Waals surface area contributed by atoms with E-state index in [1.54, 1.807) is 20.4 Å². The lowest BCUT2D eigenvalue weighted by Gasteiger charge is -2.17. The fraction of sp³-hybridized carbons (Fsp3) is 0.389. The number of benzene rings is 3. The van der Waals surface area contributed by atoms with Gasteiger partial charge in [0.05, 0.1) is 37.6 Å². The van der Waals surface area contributed by atoms with Gasteiger partial charge in [0, 0.05) is 41.7 Å². The maximum absolute atomic E-state index is 9.84. The highest BCUT2D eigenvalue weighted by molar-refractivity contribution is 7.99. The van der Waals surface area contributed by atoms with Crippen LogP contribution >= 0.6 is 11.8 Å². The fourth-order valence-electron chi connectivity index (χ4n) is 4.94. The number of nitrogens with one attached hydrogen (secondary N) is 1. The zero-order valence-corrected chi connectivity index (χ0v) is 28.4. The van der Waals surface area contributed by atoms with Crippen LogP contribution in [0.4, 0.5) is 11.4 Å². The number of nitriles is 1. The normalized spacial score (nSPS) is 13.9. The van der Waals surface area contributed by atoms with Crippen molar-refractivity contribution in [3.63, 3.8) is 0 Å². The third-order valence-electron chi connectivity index (χ3n) is 7.13. The topological polar surface area (TPSA) is 88.9 Å². The number of likely N-dealkylation sites (tertiary alicyclic amines) is 1. The summed E-state index contributed by atoms with van der Waals surface area (Å²) in [4.78, 5) is 7.04. The molecule has 1 aliphatic heterocycles. The van der Waals surface area contributed by atoms with Crippen molar-refractivity contribution in [3.8, 4) is 34.8 Å². The molecule has 1 saturated heterocycles. The maximum atomic E-state index is 9.84. The molecule has 1 aliphatic rings. The predicted octanol–water partition coefficient (Wildman–Crippen LogP) is 8.92. The molecule has 5 rings (SSSR count). The van der Waals surface area contributed by atoms with Gasteiger partial charge in [-0.3, -0.25) is 4.98 Å². The number of hydrogen-bond donors (Lipinski definition) is 1. The van der Waals surface area contributed by atoms with Crippen LogP contribution < -0.4 is 24.3 Å². The Kier molecular flexibility index (Phi) is 14.6. The third-order valence-corrected chi connectivity index (χ3v) is 8.18. The Morgan fingerprint density at radius 2 is 1.67 bits per heavy atom. The molecule has 0 radical (unpaired) electrons. The first-order valence-corrected chi connectivity index (χ1v) is 16.9. The van der Waals surface area contributed by atoms with Gasteiger partial charge in [0.25, 0.3) is 0 Å². The average molecular weight is 631 g/mol.